The largest absolute Gasteiger partial charge is 0.459 e. The number of unbranched alkanes of at least 4 members (excludes halogenated alkanes) is 12. The first-order valence-corrected chi connectivity index (χ1v) is 25.3. The minimum atomic E-state index is -4.91. The van der Waals surface area contributed by atoms with Gasteiger partial charge in [-0.15, -0.1) is 0 Å². The molecule has 0 unspecified atom stereocenters. The molecule has 0 aromatic carbocycles. The number of carbonyl (C=O) groups is 2. The fourth-order valence-corrected chi connectivity index (χ4v) is 14.0. The van der Waals surface area contributed by atoms with Crippen molar-refractivity contribution in [1.82, 2.24) is 0 Å². The van der Waals surface area contributed by atoms with Gasteiger partial charge in [0.15, 0.2) is 0 Å². The van der Waals surface area contributed by atoms with E-state index in [4.69, 9.17) is 23.5 Å². The Kier molecular flexibility index (Phi) is 16.7. The zero-order valence-electron chi connectivity index (χ0n) is 38.8. The summed E-state index contributed by atoms with van der Waals surface area (Å²) in [6, 6.07) is 0. The molecule has 0 radical (unpaired) electrons. The summed E-state index contributed by atoms with van der Waals surface area (Å²) < 4.78 is 58.4. The number of rotatable bonds is 24. The van der Waals surface area contributed by atoms with E-state index in [1.807, 2.05) is 13.8 Å². The van der Waals surface area contributed by atoms with E-state index in [-0.39, 0.29) is 43.1 Å². The predicted octanol–water partition coefficient (Wildman–Crippen LogP) is 8.98. The lowest BCUT2D eigenvalue weighted by atomic mass is 9.44. The maximum absolute atomic E-state index is 13.6. The second-order valence-electron chi connectivity index (χ2n) is 21.5. The molecule has 1 aliphatic heterocycles. The Morgan fingerprint density at radius 3 is 1.93 bits per heavy atom. The van der Waals surface area contributed by atoms with Crippen molar-refractivity contribution in [1.29, 1.82) is 0 Å². The van der Waals surface area contributed by atoms with Crippen LogP contribution in [0.25, 0.3) is 0 Å². The van der Waals surface area contributed by atoms with Crippen LogP contribution in [0.2, 0.25) is 0 Å². The predicted molar refractivity (Wildman–Crippen MR) is 234 cm³/mol. The quantitative estimate of drug-likeness (QED) is 0.0237. The van der Waals surface area contributed by atoms with Crippen molar-refractivity contribution in [3.05, 3.63) is 11.1 Å². The molecule has 13 heteroatoms. The Morgan fingerprint density at radius 2 is 1.43 bits per heavy atom. The zero-order valence-corrected chi connectivity index (χ0v) is 39.7. The van der Waals surface area contributed by atoms with Crippen molar-refractivity contribution < 1.29 is 56.3 Å². The minimum Gasteiger partial charge on any atom is -0.459 e. The molecule has 0 aromatic rings. The molecule has 4 N–H and O–H groups in total. The SMILES string of the molecule is CC(=O)O[C@H]1[C@H](O)C2=C(CC[C@H]3C(C)(C)[C@@H](OS(=O)(=O)O)[C@H](OC(=O)CCCCCCCCCCCCCCCO)C[C@]23C)[C@@H]2CC[C@H]([C@H](C)CC[C@]3(C(C)(C)O)CO3)[C@]21C. The van der Waals surface area contributed by atoms with E-state index in [2.05, 4.69) is 20.8 Å². The van der Waals surface area contributed by atoms with Crippen LogP contribution in [-0.4, -0.2) is 89.1 Å². The number of hydrogen-bond donors (Lipinski definition) is 4. The molecular weight excluding hydrogens is 801 g/mol. The van der Waals surface area contributed by atoms with Crippen molar-refractivity contribution in [3.63, 3.8) is 0 Å². The Bertz CT molecular complexity index is 1630. The second-order valence-corrected chi connectivity index (χ2v) is 22.5. The van der Waals surface area contributed by atoms with Crippen molar-refractivity contribution in [3.8, 4) is 0 Å². The Balaban J connectivity index is 1.29. The number of epoxide rings is 1. The van der Waals surface area contributed by atoms with Crippen LogP contribution in [0.4, 0.5) is 0 Å². The molecule has 352 valence electrons. The van der Waals surface area contributed by atoms with Gasteiger partial charge in [-0.3, -0.25) is 14.1 Å². The summed E-state index contributed by atoms with van der Waals surface area (Å²) in [6.07, 6.45) is 15.1. The first kappa shape index (κ1) is 50.4. The molecule has 2 saturated carbocycles. The third-order valence-electron chi connectivity index (χ3n) is 16.6. The first-order valence-electron chi connectivity index (χ1n) is 23.9. The molecule has 61 heavy (non-hydrogen) atoms. The van der Waals surface area contributed by atoms with Gasteiger partial charge in [-0.2, -0.15) is 8.42 Å². The van der Waals surface area contributed by atoms with E-state index in [1.165, 1.54) is 57.4 Å². The number of fused-ring (bicyclic) bond motifs is 4. The van der Waals surface area contributed by atoms with Gasteiger partial charge < -0.3 is 29.5 Å². The van der Waals surface area contributed by atoms with Gasteiger partial charge in [0.05, 0.1) is 12.2 Å². The highest BCUT2D eigenvalue weighted by molar-refractivity contribution is 7.80. The summed E-state index contributed by atoms with van der Waals surface area (Å²) in [4.78, 5) is 26.5. The lowest BCUT2D eigenvalue weighted by Crippen LogP contribution is -2.64. The summed E-state index contributed by atoms with van der Waals surface area (Å²) in [7, 11) is -4.91. The summed E-state index contributed by atoms with van der Waals surface area (Å²) >= 11 is 0. The molecule has 4 aliphatic carbocycles. The van der Waals surface area contributed by atoms with Crippen molar-refractivity contribution in [2.24, 2.45) is 39.9 Å². The number of ether oxygens (including phenoxy) is 3. The minimum absolute atomic E-state index is 0.0321. The molecule has 12 nitrogen and oxygen atoms in total. The lowest BCUT2D eigenvalue weighted by Gasteiger charge is -2.63. The van der Waals surface area contributed by atoms with Crippen LogP contribution in [0.3, 0.4) is 0 Å². The smallest absolute Gasteiger partial charge is 0.397 e. The highest BCUT2D eigenvalue weighted by Gasteiger charge is 2.68. The standard InChI is InChI=1S/C48H82O12S/c1-32(27-28-48(31-57-48)45(5,6)53)35-24-25-36-34-23-26-38-44(3,4)42(60-61(54,55)56)37(30-46(38,7)40(34)41(52)43(47(35,36)8)58-33(2)50)59-39(51)22-20-18-16-14-12-10-9-11-13-15-17-19-21-29-49/h32,35-38,41-43,49,52-53H,9-31H2,1-8H3,(H,54,55,56)/t32-,35-,36+,37-,38+,41-,42+,43+,46+,47-,48-/m1/s1. The van der Waals surface area contributed by atoms with E-state index in [9.17, 15) is 32.8 Å². The van der Waals surface area contributed by atoms with E-state index in [0.717, 1.165) is 56.9 Å². The van der Waals surface area contributed by atoms with Gasteiger partial charge in [0.1, 0.15) is 30.0 Å². The summed E-state index contributed by atoms with van der Waals surface area (Å²) in [5, 5.41) is 32.5. The van der Waals surface area contributed by atoms with Gasteiger partial charge in [-0.1, -0.05) is 111 Å². The first-order chi connectivity index (χ1) is 28.5. The van der Waals surface area contributed by atoms with Crippen LogP contribution in [0, 0.1) is 39.9 Å². The van der Waals surface area contributed by atoms with E-state index < -0.39 is 74.2 Å². The molecule has 1 heterocycles. The highest BCUT2D eigenvalue weighted by atomic mass is 32.3. The third kappa shape index (κ3) is 11.3. The van der Waals surface area contributed by atoms with Crippen LogP contribution >= 0.6 is 0 Å². The number of aliphatic hydroxyl groups is 3. The van der Waals surface area contributed by atoms with Gasteiger partial charge >= 0.3 is 22.3 Å². The van der Waals surface area contributed by atoms with Crippen LogP contribution in [0.15, 0.2) is 11.1 Å². The average molecular weight is 883 g/mol. The van der Waals surface area contributed by atoms with Gasteiger partial charge in [0.2, 0.25) is 0 Å². The summed E-state index contributed by atoms with van der Waals surface area (Å²) in [6.45, 7) is 16.1. The fraction of sp³-hybridized carbons (Fsp3) is 0.917. The molecule has 5 rings (SSSR count). The van der Waals surface area contributed by atoms with Gasteiger partial charge in [0.25, 0.3) is 0 Å². The molecule has 0 spiro atoms. The number of carbonyl (C=O) groups excluding carboxylic acids is 2. The molecule has 0 aromatic heterocycles. The number of hydrogen-bond acceptors (Lipinski definition) is 11. The summed E-state index contributed by atoms with van der Waals surface area (Å²) in [5.41, 5.74) is -1.78. The maximum atomic E-state index is 13.6. The molecule has 3 fully saturated rings. The molecular formula is C48H82O12S. The van der Waals surface area contributed by atoms with Crippen LogP contribution in [0.1, 0.15) is 190 Å². The normalized spacial score (nSPS) is 34.9. The molecule has 11 atom stereocenters. The van der Waals surface area contributed by atoms with Gasteiger partial charge in [-0.25, -0.2) is 4.18 Å². The Morgan fingerprint density at radius 1 is 0.869 bits per heavy atom. The molecule has 5 aliphatic rings. The van der Waals surface area contributed by atoms with Crippen molar-refractivity contribution >= 4 is 22.3 Å². The highest BCUT2D eigenvalue weighted by Crippen LogP contribution is 2.69. The number of aliphatic hydroxyl groups excluding tert-OH is 2. The topological polar surface area (TPSA) is 189 Å². The number of allylic oxidation sites excluding steroid dienone is 1. The van der Waals surface area contributed by atoms with Crippen molar-refractivity contribution in [2.45, 2.75) is 226 Å². The van der Waals surface area contributed by atoms with Crippen LogP contribution < -0.4 is 0 Å². The van der Waals surface area contributed by atoms with Gasteiger partial charge in [-0.05, 0) is 112 Å². The Hall–Kier alpha value is -1.61. The molecule has 0 bridgehead atoms. The van der Waals surface area contributed by atoms with Crippen molar-refractivity contribution in [2.75, 3.05) is 13.2 Å². The number of esters is 2. The maximum Gasteiger partial charge on any atom is 0.397 e. The average Bonchev–Trinajstić information content (AvgIpc) is 3.88. The zero-order chi connectivity index (χ0) is 45.0. The summed E-state index contributed by atoms with van der Waals surface area (Å²) in [5.74, 6) is -0.776. The lowest BCUT2D eigenvalue weighted by molar-refractivity contribution is -0.193. The molecule has 0 amide bonds. The third-order valence-corrected chi connectivity index (χ3v) is 17.0. The van der Waals surface area contributed by atoms with E-state index in [1.54, 1.807) is 13.8 Å². The van der Waals surface area contributed by atoms with Gasteiger partial charge in [0, 0.05) is 25.4 Å². The second kappa shape index (κ2) is 20.3. The van der Waals surface area contributed by atoms with Crippen LogP contribution in [0.5, 0.6) is 0 Å². The monoisotopic (exact) mass is 883 g/mol. The van der Waals surface area contributed by atoms with E-state index in [0.29, 0.717) is 32.3 Å². The Labute approximate surface area is 367 Å². The van der Waals surface area contributed by atoms with Crippen LogP contribution in [-0.2, 0) is 38.4 Å². The fourth-order valence-electron chi connectivity index (χ4n) is 13.3. The van der Waals surface area contributed by atoms with E-state index >= 15 is 0 Å². The molecule has 1 saturated heterocycles.